The molecule has 0 saturated carbocycles. The first-order chi connectivity index (χ1) is 9.81. The predicted molar refractivity (Wildman–Crippen MR) is 86.6 cm³/mol. The molecule has 0 bridgehead atoms. The summed E-state index contributed by atoms with van der Waals surface area (Å²) >= 11 is 1.81. The van der Waals surface area contributed by atoms with Gasteiger partial charge in [-0.3, -0.25) is 4.79 Å². The molecule has 1 atom stereocenters. The van der Waals surface area contributed by atoms with Crippen molar-refractivity contribution < 1.29 is 4.79 Å². The maximum absolute atomic E-state index is 12.1. The van der Waals surface area contributed by atoms with Crippen LogP contribution in [0.5, 0.6) is 0 Å². The van der Waals surface area contributed by atoms with Gasteiger partial charge >= 0.3 is 0 Å². The van der Waals surface area contributed by atoms with Crippen molar-refractivity contribution in [3.8, 4) is 0 Å². The van der Waals surface area contributed by atoms with E-state index in [0.29, 0.717) is 5.92 Å². The molecule has 0 unspecified atom stereocenters. The topological polar surface area (TPSA) is 41.1 Å². The molecule has 20 heavy (non-hydrogen) atoms. The number of carbonyl (C=O) groups excluding carboxylic acids is 1. The Morgan fingerprint density at radius 1 is 1.50 bits per heavy atom. The number of amides is 1. The Labute approximate surface area is 125 Å². The molecule has 1 heterocycles. The first-order valence-electron chi connectivity index (χ1n) is 7.39. The van der Waals surface area contributed by atoms with Gasteiger partial charge in [-0.2, -0.15) is 11.8 Å². The van der Waals surface area contributed by atoms with E-state index >= 15 is 0 Å². The van der Waals surface area contributed by atoms with E-state index in [0.717, 1.165) is 37.4 Å². The number of hydrogen-bond donors (Lipinski definition) is 2. The number of nitrogens with one attached hydrogen (secondary N) is 2. The van der Waals surface area contributed by atoms with Gasteiger partial charge in [-0.1, -0.05) is 12.1 Å². The van der Waals surface area contributed by atoms with Crippen molar-refractivity contribution in [1.29, 1.82) is 0 Å². The van der Waals surface area contributed by atoms with Gasteiger partial charge in [0, 0.05) is 18.7 Å². The van der Waals surface area contributed by atoms with Gasteiger partial charge in [0.25, 0.3) is 5.91 Å². The maximum atomic E-state index is 12.1. The van der Waals surface area contributed by atoms with E-state index in [4.69, 9.17) is 0 Å². The number of piperidine rings is 1. The van der Waals surface area contributed by atoms with Crippen molar-refractivity contribution >= 4 is 17.7 Å². The fraction of sp³-hybridized carbons (Fsp3) is 0.562. The number of carbonyl (C=O) groups is 1. The van der Waals surface area contributed by atoms with Crippen molar-refractivity contribution in [2.75, 3.05) is 31.6 Å². The van der Waals surface area contributed by atoms with Gasteiger partial charge in [-0.15, -0.1) is 0 Å². The largest absolute Gasteiger partial charge is 0.352 e. The number of thioether (sulfide) groups is 1. The molecular formula is C16H24N2OS. The molecular weight excluding hydrogens is 268 g/mol. The molecule has 1 aliphatic heterocycles. The standard InChI is InChI=1S/C16H24N2OS/c1-20-10-4-9-18-16(19)14-6-2-5-13(11-14)15-7-3-8-17-12-15/h2,5-6,11,15,17H,3-4,7-10,12H2,1H3,(H,18,19)/t15-/m0/s1. The van der Waals surface area contributed by atoms with Crippen LogP contribution >= 0.6 is 11.8 Å². The van der Waals surface area contributed by atoms with Crippen LogP contribution in [-0.4, -0.2) is 37.6 Å². The highest BCUT2D eigenvalue weighted by Crippen LogP contribution is 2.23. The Hall–Kier alpha value is -1.00. The summed E-state index contributed by atoms with van der Waals surface area (Å²) in [5.74, 6) is 1.69. The van der Waals surface area contributed by atoms with Gasteiger partial charge < -0.3 is 10.6 Å². The zero-order valence-corrected chi connectivity index (χ0v) is 13.0. The number of rotatable bonds is 6. The summed E-state index contributed by atoms with van der Waals surface area (Å²) in [7, 11) is 0. The molecule has 1 aromatic rings. The molecule has 0 radical (unpaired) electrons. The highest BCUT2D eigenvalue weighted by atomic mass is 32.2. The minimum atomic E-state index is 0.0525. The Kier molecular flexibility index (Phi) is 6.40. The first kappa shape index (κ1) is 15.4. The fourth-order valence-corrected chi connectivity index (χ4v) is 3.02. The minimum absolute atomic E-state index is 0.0525. The summed E-state index contributed by atoms with van der Waals surface area (Å²) in [4.78, 5) is 12.1. The Balaban J connectivity index is 1.92. The molecule has 1 aliphatic rings. The third kappa shape index (κ3) is 4.53. The maximum Gasteiger partial charge on any atom is 0.251 e. The second-order valence-electron chi connectivity index (χ2n) is 5.27. The summed E-state index contributed by atoms with van der Waals surface area (Å²) in [6.45, 7) is 2.90. The lowest BCUT2D eigenvalue weighted by Gasteiger charge is -2.23. The molecule has 1 saturated heterocycles. The monoisotopic (exact) mass is 292 g/mol. The van der Waals surface area contributed by atoms with Crippen molar-refractivity contribution in [1.82, 2.24) is 10.6 Å². The molecule has 4 heteroatoms. The van der Waals surface area contributed by atoms with Crippen LogP contribution in [0.3, 0.4) is 0 Å². The average molecular weight is 292 g/mol. The lowest BCUT2D eigenvalue weighted by molar-refractivity contribution is 0.0953. The molecule has 2 N–H and O–H groups in total. The molecule has 0 spiro atoms. The molecule has 0 aromatic heterocycles. The summed E-state index contributed by atoms with van der Waals surface area (Å²) in [5.41, 5.74) is 2.08. The second-order valence-corrected chi connectivity index (χ2v) is 6.26. The summed E-state index contributed by atoms with van der Waals surface area (Å²) < 4.78 is 0. The lowest BCUT2D eigenvalue weighted by Crippen LogP contribution is -2.29. The zero-order chi connectivity index (χ0) is 14.2. The average Bonchev–Trinajstić information content (AvgIpc) is 2.52. The van der Waals surface area contributed by atoms with Crippen molar-refractivity contribution in [3.05, 3.63) is 35.4 Å². The van der Waals surface area contributed by atoms with Crippen LogP contribution in [0.2, 0.25) is 0 Å². The molecule has 110 valence electrons. The van der Waals surface area contributed by atoms with E-state index in [9.17, 15) is 4.79 Å². The third-order valence-corrected chi connectivity index (χ3v) is 4.42. The Morgan fingerprint density at radius 2 is 2.40 bits per heavy atom. The number of hydrogen-bond acceptors (Lipinski definition) is 3. The molecule has 1 fully saturated rings. The van der Waals surface area contributed by atoms with Gasteiger partial charge in [-0.25, -0.2) is 0 Å². The SMILES string of the molecule is CSCCCNC(=O)c1cccc([C@H]2CCCNC2)c1. The van der Waals surface area contributed by atoms with Crippen LogP contribution in [0.25, 0.3) is 0 Å². The van der Waals surface area contributed by atoms with E-state index in [1.54, 1.807) is 0 Å². The minimum Gasteiger partial charge on any atom is -0.352 e. The van der Waals surface area contributed by atoms with Crippen LogP contribution in [0.4, 0.5) is 0 Å². The molecule has 2 rings (SSSR count). The van der Waals surface area contributed by atoms with Crippen LogP contribution in [0.15, 0.2) is 24.3 Å². The summed E-state index contributed by atoms with van der Waals surface area (Å²) in [6, 6.07) is 8.11. The quantitative estimate of drug-likeness (QED) is 0.792. The molecule has 0 aliphatic carbocycles. The van der Waals surface area contributed by atoms with E-state index in [1.807, 2.05) is 23.9 Å². The predicted octanol–water partition coefficient (Wildman–Crippen LogP) is 2.64. The Bertz CT molecular complexity index is 430. The zero-order valence-electron chi connectivity index (χ0n) is 12.2. The van der Waals surface area contributed by atoms with Crippen molar-refractivity contribution in [3.63, 3.8) is 0 Å². The van der Waals surface area contributed by atoms with Gasteiger partial charge in [0.1, 0.15) is 0 Å². The van der Waals surface area contributed by atoms with Gasteiger partial charge in [-0.05, 0) is 61.4 Å². The van der Waals surface area contributed by atoms with Crippen LogP contribution in [0, 0.1) is 0 Å². The third-order valence-electron chi connectivity index (χ3n) is 3.73. The number of benzene rings is 1. The van der Waals surface area contributed by atoms with Crippen LogP contribution in [0.1, 0.15) is 41.1 Å². The van der Waals surface area contributed by atoms with Gasteiger partial charge in [0.05, 0.1) is 0 Å². The van der Waals surface area contributed by atoms with E-state index in [1.165, 1.54) is 18.4 Å². The van der Waals surface area contributed by atoms with E-state index < -0.39 is 0 Å². The van der Waals surface area contributed by atoms with Crippen LogP contribution in [-0.2, 0) is 0 Å². The van der Waals surface area contributed by atoms with Gasteiger partial charge in [0.15, 0.2) is 0 Å². The fourth-order valence-electron chi connectivity index (χ4n) is 2.59. The normalized spacial score (nSPS) is 18.8. The molecule has 1 aromatic carbocycles. The lowest BCUT2D eigenvalue weighted by atomic mass is 9.90. The van der Waals surface area contributed by atoms with Crippen molar-refractivity contribution in [2.45, 2.75) is 25.2 Å². The van der Waals surface area contributed by atoms with E-state index in [-0.39, 0.29) is 5.91 Å². The molecule has 1 amide bonds. The summed E-state index contributed by atoms with van der Waals surface area (Å²) in [6.07, 6.45) is 5.55. The van der Waals surface area contributed by atoms with Crippen molar-refractivity contribution in [2.24, 2.45) is 0 Å². The highest BCUT2D eigenvalue weighted by molar-refractivity contribution is 7.98. The van der Waals surface area contributed by atoms with Gasteiger partial charge in [0.2, 0.25) is 0 Å². The smallest absolute Gasteiger partial charge is 0.251 e. The van der Waals surface area contributed by atoms with Crippen LogP contribution < -0.4 is 10.6 Å². The van der Waals surface area contributed by atoms with E-state index in [2.05, 4.69) is 29.0 Å². The second kappa shape index (κ2) is 8.32. The molecule has 3 nitrogen and oxygen atoms in total. The Morgan fingerprint density at radius 3 is 3.15 bits per heavy atom. The first-order valence-corrected chi connectivity index (χ1v) is 8.78. The summed E-state index contributed by atoms with van der Waals surface area (Å²) in [5, 5.41) is 6.42. The highest BCUT2D eigenvalue weighted by Gasteiger charge is 2.16.